The number of anilines is 2. The third-order valence-electron chi connectivity index (χ3n) is 2.56. The number of nitrogens with one attached hydrogen (secondary N) is 1. The van der Waals surface area contributed by atoms with Crippen LogP contribution in [-0.4, -0.2) is 27.2 Å². The van der Waals surface area contributed by atoms with Gasteiger partial charge in [0.05, 0.1) is 12.1 Å². The first-order chi connectivity index (χ1) is 7.89. The molecule has 5 heteroatoms. The number of aliphatic hydroxyl groups excluding tert-OH is 1. The summed E-state index contributed by atoms with van der Waals surface area (Å²) in [5.74, 6) is 1.95. The first-order valence-corrected chi connectivity index (χ1v) is 5.91. The van der Waals surface area contributed by atoms with E-state index in [9.17, 15) is 5.11 Å². The van der Waals surface area contributed by atoms with Gasteiger partial charge in [-0.05, 0) is 27.2 Å². The molecule has 0 saturated heterocycles. The van der Waals surface area contributed by atoms with E-state index in [-0.39, 0.29) is 6.61 Å². The van der Waals surface area contributed by atoms with Gasteiger partial charge < -0.3 is 16.2 Å². The SMILES string of the molecule is CCCc1nc(N)c(C)c(NC(C)(C)CO)n1. The van der Waals surface area contributed by atoms with Crippen molar-refractivity contribution in [2.24, 2.45) is 0 Å². The second kappa shape index (κ2) is 5.31. The summed E-state index contributed by atoms with van der Waals surface area (Å²) < 4.78 is 0. The first-order valence-electron chi connectivity index (χ1n) is 5.91. The summed E-state index contributed by atoms with van der Waals surface area (Å²) in [7, 11) is 0. The summed E-state index contributed by atoms with van der Waals surface area (Å²) in [5, 5.41) is 12.4. The number of rotatable bonds is 5. The van der Waals surface area contributed by atoms with E-state index in [1.165, 1.54) is 0 Å². The molecule has 96 valence electrons. The molecule has 0 aliphatic heterocycles. The van der Waals surface area contributed by atoms with Crippen molar-refractivity contribution >= 4 is 11.6 Å². The normalized spacial score (nSPS) is 11.6. The molecule has 1 rings (SSSR count). The van der Waals surface area contributed by atoms with Crippen molar-refractivity contribution in [3.8, 4) is 0 Å². The fraction of sp³-hybridized carbons (Fsp3) is 0.667. The van der Waals surface area contributed by atoms with Crippen molar-refractivity contribution in [2.75, 3.05) is 17.7 Å². The molecule has 0 aromatic carbocycles. The van der Waals surface area contributed by atoms with E-state index in [1.807, 2.05) is 20.8 Å². The number of hydrogen-bond donors (Lipinski definition) is 3. The minimum absolute atomic E-state index is 0.0272. The van der Waals surface area contributed by atoms with Gasteiger partial charge >= 0.3 is 0 Å². The van der Waals surface area contributed by atoms with Gasteiger partial charge in [0.15, 0.2) is 0 Å². The van der Waals surface area contributed by atoms with Crippen molar-refractivity contribution < 1.29 is 5.11 Å². The average molecular weight is 238 g/mol. The van der Waals surface area contributed by atoms with Gasteiger partial charge in [-0.1, -0.05) is 6.92 Å². The molecule has 17 heavy (non-hydrogen) atoms. The molecule has 0 bridgehead atoms. The Labute approximate surface area is 102 Å². The molecule has 0 aliphatic carbocycles. The lowest BCUT2D eigenvalue weighted by atomic mass is 10.1. The maximum Gasteiger partial charge on any atom is 0.135 e. The van der Waals surface area contributed by atoms with Crippen molar-refractivity contribution in [3.63, 3.8) is 0 Å². The van der Waals surface area contributed by atoms with Crippen molar-refractivity contribution in [2.45, 2.75) is 46.1 Å². The van der Waals surface area contributed by atoms with Crippen LogP contribution >= 0.6 is 0 Å². The number of nitrogens with zero attached hydrogens (tertiary/aromatic N) is 2. The highest BCUT2D eigenvalue weighted by Crippen LogP contribution is 2.21. The Morgan fingerprint density at radius 3 is 2.53 bits per heavy atom. The third kappa shape index (κ3) is 3.56. The van der Waals surface area contributed by atoms with Crippen LogP contribution in [-0.2, 0) is 6.42 Å². The van der Waals surface area contributed by atoms with Crippen LogP contribution in [0.25, 0.3) is 0 Å². The second-order valence-electron chi connectivity index (χ2n) is 4.92. The molecule has 1 aromatic heterocycles. The molecule has 1 aromatic rings. The monoisotopic (exact) mass is 238 g/mol. The van der Waals surface area contributed by atoms with E-state index in [0.29, 0.717) is 11.6 Å². The lowest BCUT2D eigenvalue weighted by Crippen LogP contribution is -2.36. The minimum Gasteiger partial charge on any atom is -0.394 e. The van der Waals surface area contributed by atoms with Gasteiger partial charge in [-0.3, -0.25) is 0 Å². The molecule has 4 N–H and O–H groups in total. The standard InChI is InChI=1S/C12H22N4O/c1-5-6-9-14-10(13)8(2)11(15-9)16-12(3,4)7-17/h17H,5-7H2,1-4H3,(H3,13,14,15,16). The highest BCUT2D eigenvalue weighted by atomic mass is 16.3. The zero-order chi connectivity index (χ0) is 13.1. The zero-order valence-corrected chi connectivity index (χ0v) is 11.0. The van der Waals surface area contributed by atoms with E-state index in [1.54, 1.807) is 0 Å². The Morgan fingerprint density at radius 1 is 1.35 bits per heavy atom. The maximum atomic E-state index is 9.25. The first kappa shape index (κ1) is 13.7. The lowest BCUT2D eigenvalue weighted by Gasteiger charge is -2.25. The van der Waals surface area contributed by atoms with Crippen LogP contribution in [0, 0.1) is 6.92 Å². The van der Waals surface area contributed by atoms with Gasteiger partial charge in [0.1, 0.15) is 17.5 Å². The molecule has 0 spiro atoms. The van der Waals surface area contributed by atoms with Crippen molar-refractivity contribution in [1.29, 1.82) is 0 Å². The fourth-order valence-corrected chi connectivity index (χ4v) is 1.40. The van der Waals surface area contributed by atoms with Crippen LogP contribution in [0.4, 0.5) is 11.6 Å². The van der Waals surface area contributed by atoms with E-state index < -0.39 is 5.54 Å². The predicted molar refractivity (Wildman–Crippen MR) is 70.0 cm³/mol. The van der Waals surface area contributed by atoms with Crippen LogP contribution < -0.4 is 11.1 Å². The summed E-state index contributed by atoms with van der Waals surface area (Å²) in [6, 6.07) is 0. The van der Waals surface area contributed by atoms with Crippen LogP contribution in [0.1, 0.15) is 38.6 Å². The molecule has 0 fully saturated rings. The molecule has 0 amide bonds. The highest BCUT2D eigenvalue weighted by Gasteiger charge is 2.19. The summed E-state index contributed by atoms with van der Waals surface area (Å²) in [6.45, 7) is 7.79. The minimum atomic E-state index is -0.422. The Hall–Kier alpha value is -1.36. The van der Waals surface area contributed by atoms with E-state index in [0.717, 1.165) is 24.2 Å². The van der Waals surface area contributed by atoms with Crippen LogP contribution in [0.15, 0.2) is 0 Å². The quantitative estimate of drug-likeness (QED) is 0.724. The summed E-state index contributed by atoms with van der Waals surface area (Å²) in [4.78, 5) is 8.69. The van der Waals surface area contributed by atoms with Crippen LogP contribution in [0.2, 0.25) is 0 Å². The molecular weight excluding hydrogens is 216 g/mol. The number of nitrogen functional groups attached to an aromatic ring is 1. The highest BCUT2D eigenvalue weighted by molar-refractivity contribution is 5.55. The average Bonchev–Trinajstić information content (AvgIpc) is 2.25. The van der Waals surface area contributed by atoms with Gasteiger partial charge in [0.2, 0.25) is 0 Å². The second-order valence-corrected chi connectivity index (χ2v) is 4.92. The Balaban J connectivity index is 3.05. The number of aryl methyl sites for hydroxylation is 1. The van der Waals surface area contributed by atoms with Gasteiger partial charge in [-0.25, -0.2) is 9.97 Å². The van der Waals surface area contributed by atoms with E-state index in [2.05, 4.69) is 22.2 Å². The molecular formula is C12H22N4O. The van der Waals surface area contributed by atoms with E-state index in [4.69, 9.17) is 5.73 Å². The molecule has 0 radical (unpaired) electrons. The van der Waals surface area contributed by atoms with Crippen LogP contribution in [0.3, 0.4) is 0 Å². The van der Waals surface area contributed by atoms with Crippen LogP contribution in [0.5, 0.6) is 0 Å². The summed E-state index contributed by atoms with van der Waals surface area (Å²) in [5.41, 5.74) is 6.26. The molecule has 5 nitrogen and oxygen atoms in total. The predicted octanol–water partition coefficient (Wildman–Crippen LogP) is 1.50. The largest absolute Gasteiger partial charge is 0.394 e. The van der Waals surface area contributed by atoms with E-state index >= 15 is 0 Å². The molecule has 0 saturated carbocycles. The molecule has 0 unspecified atom stereocenters. The Kier molecular flexibility index (Phi) is 4.28. The van der Waals surface area contributed by atoms with Crippen molar-refractivity contribution in [1.82, 2.24) is 9.97 Å². The molecule has 0 atom stereocenters. The molecule has 1 heterocycles. The summed E-state index contributed by atoms with van der Waals surface area (Å²) in [6.07, 6.45) is 1.78. The molecule has 0 aliphatic rings. The smallest absolute Gasteiger partial charge is 0.135 e. The van der Waals surface area contributed by atoms with Gasteiger partial charge in [0, 0.05) is 12.0 Å². The fourth-order valence-electron chi connectivity index (χ4n) is 1.40. The number of hydrogen-bond acceptors (Lipinski definition) is 5. The number of aliphatic hydroxyl groups is 1. The zero-order valence-electron chi connectivity index (χ0n) is 11.0. The van der Waals surface area contributed by atoms with Gasteiger partial charge in [-0.2, -0.15) is 0 Å². The third-order valence-corrected chi connectivity index (χ3v) is 2.56. The maximum absolute atomic E-state index is 9.25. The summed E-state index contributed by atoms with van der Waals surface area (Å²) >= 11 is 0. The Bertz CT molecular complexity index is 390. The van der Waals surface area contributed by atoms with Gasteiger partial charge in [-0.15, -0.1) is 0 Å². The lowest BCUT2D eigenvalue weighted by molar-refractivity contribution is 0.234. The topological polar surface area (TPSA) is 84.1 Å². The number of nitrogens with two attached hydrogens (primary N) is 1. The van der Waals surface area contributed by atoms with Crippen molar-refractivity contribution in [3.05, 3.63) is 11.4 Å². The Morgan fingerprint density at radius 2 is 2.00 bits per heavy atom. The van der Waals surface area contributed by atoms with Gasteiger partial charge in [0.25, 0.3) is 0 Å². The number of aromatic nitrogens is 2.